The molecule has 0 spiro atoms. The molecule has 21 heavy (non-hydrogen) atoms. The van der Waals surface area contributed by atoms with E-state index in [4.69, 9.17) is 9.47 Å². The van der Waals surface area contributed by atoms with Crippen LogP contribution in [0.25, 0.3) is 10.8 Å². The molecule has 4 nitrogen and oxygen atoms in total. The Kier molecular flexibility index (Phi) is 5.42. The van der Waals surface area contributed by atoms with E-state index in [0.29, 0.717) is 24.1 Å². The second-order valence-corrected chi connectivity index (χ2v) is 5.35. The van der Waals surface area contributed by atoms with Crippen LogP contribution in [0.4, 0.5) is 0 Å². The Labute approximate surface area is 125 Å². The fraction of sp³-hybridized carbons (Fsp3) is 0.412. The average molecular weight is 289 g/mol. The van der Waals surface area contributed by atoms with E-state index in [0.717, 1.165) is 10.8 Å². The zero-order valence-electron chi connectivity index (χ0n) is 12.8. The quantitative estimate of drug-likeness (QED) is 0.822. The molecule has 0 saturated heterocycles. The highest BCUT2D eigenvalue weighted by molar-refractivity contribution is 5.90. The molecule has 0 aliphatic heterocycles. The Morgan fingerprint density at radius 1 is 1.14 bits per heavy atom. The van der Waals surface area contributed by atoms with Crippen LogP contribution in [0.15, 0.2) is 36.4 Å². The summed E-state index contributed by atoms with van der Waals surface area (Å²) in [5, 5.41) is 15.2. The molecule has 0 heterocycles. The molecular formula is C17H23NO3. The first-order valence-electron chi connectivity index (χ1n) is 7.21. The van der Waals surface area contributed by atoms with Crippen molar-refractivity contribution in [1.82, 2.24) is 5.32 Å². The molecule has 2 aromatic carbocycles. The summed E-state index contributed by atoms with van der Waals surface area (Å²) in [6.07, 6.45) is -0.559. The topological polar surface area (TPSA) is 50.7 Å². The maximum absolute atomic E-state index is 9.97. The summed E-state index contributed by atoms with van der Waals surface area (Å²) in [6, 6.07) is 12.2. The van der Waals surface area contributed by atoms with Gasteiger partial charge >= 0.3 is 0 Å². The minimum atomic E-state index is -0.559. The largest absolute Gasteiger partial charge is 0.493 e. The Hall–Kier alpha value is -1.78. The van der Waals surface area contributed by atoms with Crippen molar-refractivity contribution >= 4 is 10.8 Å². The van der Waals surface area contributed by atoms with E-state index >= 15 is 0 Å². The van der Waals surface area contributed by atoms with Crippen LogP contribution in [0, 0.1) is 0 Å². The molecule has 1 atom stereocenters. The summed E-state index contributed by atoms with van der Waals surface area (Å²) in [6.45, 7) is 4.82. The molecule has 1 unspecified atom stereocenters. The highest BCUT2D eigenvalue weighted by Gasteiger charge is 2.12. The first kappa shape index (κ1) is 15.6. The Morgan fingerprint density at radius 2 is 1.90 bits per heavy atom. The molecule has 0 saturated carbocycles. The van der Waals surface area contributed by atoms with Crippen molar-refractivity contribution in [2.45, 2.75) is 26.0 Å². The van der Waals surface area contributed by atoms with Gasteiger partial charge < -0.3 is 19.9 Å². The van der Waals surface area contributed by atoms with Gasteiger partial charge in [0.15, 0.2) is 11.5 Å². The summed E-state index contributed by atoms with van der Waals surface area (Å²) in [7, 11) is 1.62. The van der Waals surface area contributed by atoms with Gasteiger partial charge in [-0.2, -0.15) is 0 Å². The number of aliphatic hydroxyl groups is 1. The molecule has 0 aromatic heterocycles. The SMILES string of the molecule is COc1ccc2ccccc2c1OCC(O)CNC(C)C. The van der Waals surface area contributed by atoms with Crippen LogP contribution in [0.1, 0.15) is 13.8 Å². The molecule has 0 bridgehead atoms. The van der Waals surface area contributed by atoms with Crippen LogP contribution in [0.3, 0.4) is 0 Å². The van der Waals surface area contributed by atoms with Crippen LogP contribution < -0.4 is 14.8 Å². The second-order valence-electron chi connectivity index (χ2n) is 5.35. The maximum atomic E-state index is 9.97. The van der Waals surface area contributed by atoms with Crippen LogP contribution in [-0.4, -0.2) is 37.5 Å². The van der Waals surface area contributed by atoms with Crippen LogP contribution in [0.5, 0.6) is 11.5 Å². The molecule has 0 radical (unpaired) electrons. The number of nitrogens with one attached hydrogen (secondary N) is 1. The summed E-state index contributed by atoms with van der Waals surface area (Å²) in [5.41, 5.74) is 0. The molecule has 2 aromatic rings. The third-order valence-electron chi connectivity index (χ3n) is 3.25. The van der Waals surface area contributed by atoms with Gasteiger partial charge in [-0.25, -0.2) is 0 Å². The number of hydrogen-bond acceptors (Lipinski definition) is 4. The predicted octanol–water partition coefficient (Wildman–Crippen LogP) is 2.59. The van der Waals surface area contributed by atoms with Gasteiger partial charge in [0, 0.05) is 18.0 Å². The van der Waals surface area contributed by atoms with Gasteiger partial charge in [-0.3, -0.25) is 0 Å². The Balaban J connectivity index is 2.13. The lowest BCUT2D eigenvalue weighted by molar-refractivity contribution is 0.104. The van der Waals surface area contributed by atoms with E-state index in [1.807, 2.05) is 50.2 Å². The fourth-order valence-corrected chi connectivity index (χ4v) is 2.14. The van der Waals surface area contributed by atoms with E-state index in [9.17, 15) is 5.11 Å². The Bertz CT molecular complexity index is 583. The number of methoxy groups -OCH3 is 1. The lowest BCUT2D eigenvalue weighted by Crippen LogP contribution is -2.35. The van der Waals surface area contributed by atoms with Crippen LogP contribution >= 0.6 is 0 Å². The highest BCUT2D eigenvalue weighted by atomic mass is 16.5. The maximum Gasteiger partial charge on any atom is 0.169 e. The van der Waals surface area contributed by atoms with E-state index in [2.05, 4.69) is 5.32 Å². The predicted molar refractivity (Wildman–Crippen MR) is 85.1 cm³/mol. The van der Waals surface area contributed by atoms with Gasteiger partial charge in [0.25, 0.3) is 0 Å². The molecule has 0 aliphatic rings. The van der Waals surface area contributed by atoms with Gasteiger partial charge in [0.2, 0.25) is 0 Å². The van der Waals surface area contributed by atoms with Gasteiger partial charge in [0.05, 0.1) is 7.11 Å². The molecule has 0 amide bonds. The fourth-order valence-electron chi connectivity index (χ4n) is 2.14. The second kappa shape index (κ2) is 7.29. The standard InChI is InChI=1S/C17H23NO3/c1-12(2)18-10-14(19)11-21-17-15-7-5-4-6-13(15)8-9-16(17)20-3/h4-9,12,14,18-19H,10-11H2,1-3H3. The summed E-state index contributed by atoms with van der Waals surface area (Å²) >= 11 is 0. The smallest absolute Gasteiger partial charge is 0.169 e. The lowest BCUT2D eigenvalue weighted by Gasteiger charge is -2.17. The van der Waals surface area contributed by atoms with E-state index < -0.39 is 6.10 Å². The van der Waals surface area contributed by atoms with Crippen molar-refractivity contribution in [3.63, 3.8) is 0 Å². The number of benzene rings is 2. The first-order valence-corrected chi connectivity index (χ1v) is 7.21. The highest BCUT2D eigenvalue weighted by Crippen LogP contribution is 2.35. The van der Waals surface area contributed by atoms with E-state index in [1.165, 1.54) is 0 Å². The molecule has 2 rings (SSSR count). The lowest BCUT2D eigenvalue weighted by atomic mass is 10.1. The number of ether oxygens (including phenoxy) is 2. The van der Waals surface area contributed by atoms with Crippen molar-refractivity contribution < 1.29 is 14.6 Å². The van der Waals surface area contributed by atoms with Crippen molar-refractivity contribution in [2.75, 3.05) is 20.3 Å². The van der Waals surface area contributed by atoms with Gasteiger partial charge in [0.1, 0.15) is 12.7 Å². The normalized spacial score (nSPS) is 12.6. The molecule has 114 valence electrons. The minimum Gasteiger partial charge on any atom is -0.493 e. The molecular weight excluding hydrogens is 266 g/mol. The van der Waals surface area contributed by atoms with Crippen LogP contribution in [-0.2, 0) is 0 Å². The average Bonchev–Trinajstić information content (AvgIpc) is 2.50. The van der Waals surface area contributed by atoms with Gasteiger partial charge in [-0.05, 0) is 11.5 Å². The van der Waals surface area contributed by atoms with Gasteiger partial charge in [-0.1, -0.05) is 44.2 Å². The van der Waals surface area contributed by atoms with Crippen molar-refractivity contribution in [3.05, 3.63) is 36.4 Å². The summed E-state index contributed by atoms with van der Waals surface area (Å²) < 4.78 is 11.2. The number of aliphatic hydroxyl groups excluding tert-OH is 1. The third kappa shape index (κ3) is 4.09. The van der Waals surface area contributed by atoms with Crippen molar-refractivity contribution in [1.29, 1.82) is 0 Å². The minimum absolute atomic E-state index is 0.226. The molecule has 0 fully saturated rings. The van der Waals surface area contributed by atoms with Gasteiger partial charge in [-0.15, -0.1) is 0 Å². The first-order chi connectivity index (χ1) is 10.1. The monoisotopic (exact) mass is 289 g/mol. The number of fused-ring (bicyclic) bond motifs is 1. The Morgan fingerprint density at radius 3 is 2.62 bits per heavy atom. The molecule has 4 heteroatoms. The summed E-state index contributed by atoms with van der Waals surface area (Å²) in [4.78, 5) is 0. The van der Waals surface area contributed by atoms with Crippen molar-refractivity contribution in [3.8, 4) is 11.5 Å². The molecule has 2 N–H and O–H groups in total. The van der Waals surface area contributed by atoms with Crippen LogP contribution in [0.2, 0.25) is 0 Å². The van der Waals surface area contributed by atoms with Crippen molar-refractivity contribution in [2.24, 2.45) is 0 Å². The number of rotatable bonds is 7. The zero-order chi connectivity index (χ0) is 15.2. The van der Waals surface area contributed by atoms with E-state index in [1.54, 1.807) is 7.11 Å². The number of hydrogen-bond donors (Lipinski definition) is 2. The van der Waals surface area contributed by atoms with E-state index in [-0.39, 0.29) is 6.61 Å². The third-order valence-corrected chi connectivity index (χ3v) is 3.25. The summed E-state index contributed by atoms with van der Waals surface area (Å²) in [5.74, 6) is 1.36. The zero-order valence-corrected chi connectivity index (χ0v) is 12.8. The molecule has 0 aliphatic carbocycles.